The van der Waals surface area contributed by atoms with Gasteiger partial charge in [-0.25, -0.2) is 0 Å². The molecule has 0 unspecified atom stereocenters. The number of ether oxygens (including phenoxy) is 1. The third-order valence-electron chi connectivity index (χ3n) is 4.21. The Morgan fingerprint density at radius 1 is 0.963 bits per heavy atom. The predicted molar refractivity (Wildman–Crippen MR) is 99.3 cm³/mol. The first kappa shape index (κ1) is 24.0. The van der Waals surface area contributed by atoms with Gasteiger partial charge in [-0.3, -0.25) is 4.55 Å². The van der Waals surface area contributed by atoms with Gasteiger partial charge in [0.25, 0.3) is 10.1 Å². The summed E-state index contributed by atoms with van der Waals surface area (Å²) in [6.45, 7) is 2.19. The van der Waals surface area contributed by atoms with Crippen molar-refractivity contribution in [3.8, 4) is 17.2 Å². The largest absolute Gasteiger partial charge is 1.00 e. The Morgan fingerprint density at radius 3 is 2.30 bits per heavy atom. The van der Waals surface area contributed by atoms with E-state index in [4.69, 9.17) is 9.29 Å². The second-order valence-corrected chi connectivity index (χ2v) is 7.73. The standard InChI is InChI=1S/C20H26O5S.Na/c1-2-3-4-5-6-7-10-16-11-8-9-12-19(16)25-20-14-13-17(15-18(20)21)26(22,23)24;/h8-9,11-15,21H,2-7,10H2,1H3,(H,22,23,24);/q;+1/p-1. The number of aryl methyl sites for hydroxylation is 1. The zero-order chi connectivity index (χ0) is 19.0. The summed E-state index contributed by atoms with van der Waals surface area (Å²) < 4.78 is 36.9. The molecule has 2 rings (SSSR count). The van der Waals surface area contributed by atoms with Crippen LogP contribution in [-0.2, 0) is 16.5 Å². The SMILES string of the molecule is CCCCCCCCc1ccccc1Oc1ccc(S(=O)(=O)O)cc1[O-].[Na+]. The molecule has 2 aromatic rings. The zero-order valence-electron chi connectivity index (χ0n) is 16.0. The van der Waals surface area contributed by atoms with Gasteiger partial charge in [-0.15, -0.1) is 0 Å². The van der Waals surface area contributed by atoms with E-state index in [-0.39, 0.29) is 35.3 Å². The molecule has 27 heavy (non-hydrogen) atoms. The van der Waals surface area contributed by atoms with Gasteiger partial charge >= 0.3 is 29.6 Å². The van der Waals surface area contributed by atoms with Crippen molar-refractivity contribution < 1.29 is 52.4 Å². The van der Waals surface area contributed by atoms with Crippen LogP contribution in [0.25, 0.3) is 0 Å². The van der Waals surface area contributed by atoms with Gasteiger partial charge in [0.2, 0.25) is 0 Å². The summed E-state index contributed by atoms with van der Waals surface area (Å²) in [5.74, 6) is 0.0417. The summed E-state index contributed by atoms with van der Waals surface area (Å²) in [6, 6.07) is 10.8. The Labute approximate surface area is 183 Å². The van der Waals surface area contributed by atoms with E-state index in [1.165, 1.54) is 31.7 Å². The van der Waals surface area contributed by atoms with E-state index in [2.05, 4.69) is 6.92 Å². The van der Waals surface area contributed by atoms with Crippen molar-refractivity contribution in [2.24, 2.45) is 0 Å². The molecule has 142 valence electrons. The van der Waals surface area contributed by atoms with Gasteiger partial charge in [-0.2, -0.15) is 8.42 Å². The third-order valence-corrected chi connectivity index (χ3v) is 5.05. The molecule has 7 heteroatoms. The molecule has 0 saturated carbocycles. The van der Waals surface area contributed by atoms with Gasteiger partial charge in [0.15, 0.2) is 0 Å². The Morgan fingerprint density at radius 2 is 1.63 bits per heavy atom. The molecule has 0 aliphatic rings. The molecule has 0 heterocycles. The van der Waals surface area contributed by atoms with Crippen molar-refractivity contribution in [2.75, 3.05) is 0 Å². The van der Waals surface area contributed by atoms with E-state index in [1.54, 1.807) is 6.07 Å². The maximum absolute atomic E-state index is 12.1. The maximum atomic E-state index is 12.1. The van der Waals surface area contributed by atoms with Crippen LogP contribution < -0.4 is 39.4 Å². The minimum Gasteiger partial charge on any atom is -0.870 e. The van der Waals surface area contributed by atoms with Crippen molar-refractivity contribution in [3.63, 3.8) is 0 Å². The van der Waals surface area contributed by atoms with Crippen molar-refractivity contribution in [3.05, 3.63) is 48.0 Å². The average molecular weight is 400 g/mol. The molecule has 0 saturated heterocycles. The molecule has 0 atom stereocenters. The van der Waals surface area contributed by atoms with Crippen molar-refractivity contribution >= 4 is 10.1 Å². The molecule has 0 aliphatic carbocycles. The smallest absolute Gasteiger partial charge is 0.870 e. The van der Waals surface area contributed by atoms with Gasteiger partial charge in [0.1, 0.15) is 11.5 Å². The second kappa shape index (κ2) is 11.7. The zero-order valence-corrected chi connectivity index (χ0v) is 18.8. The summed E-state index contributed by atoms with van der Waals surface area (Å²) in [5.41, 5.74) is 1.02. The van der Waals surface area contributed by atoms with Crippen LogP contribution in [0.4, 0.5) is 0 Å². The minimum absolute atomic E-state index is 0. The molecule has 0 aromatic heterocycles. The molecule has 2 aromatic carbocycles. The Hall–Kier alpha value is -1.05. The van der Waals surface area contributed by atoms with Crippen LogP contribution in [-0.4, -0.2) is 13.0 Å². The topological polar surface area (TPSA) is 86.7 Å². The normalized spacial score (nSPS) is 11.0. The van der Waals surface area contributed by atoms with Crippen molar-refractivity contribution in [1.82, 2.24) is 0 Å². The molecule has 5 nitrogen and oxygen atoms in total. The van der Waals surface area contributed by atoms with Gasteiger partial charge < -0.3 is 9.84 Å². The van der Waals surface area contributed by atoms with Crippen molar-refractivity contribution in [2.45, 2.75) is 56.8 Å². The van der Waals surface area contributed by atoms with Gasteiger partial charge in [-0.05, 0) is 42.7 Å². The van der Waals surface area contributed by atoms with E-state index >= 15 is 0 Å². The number of para-hydroxylation sites is 1. The van der Waals surface area contributed by atoms with Crippen LogP contribution in [0.15, 0.2) is 47.4 Å². The van der Waals surface area contributed by atoms with E-state index in [9.17, 15) is 13.5 Å². The Balaban J connectivity index is 0.00000364. The number of rotatable bonds is 10. The quantitative estimate of drug-likeness (QED) is 0.373. The van der Waals surface area contributed by atoms with E-state index in [1.807, 2.05) is 18.2 Å². The summed E-state index contributed by atoms with van der Waals surface area (Å²) in [6.07, 6.45) is 8.04. The predicted octanol–water partition coefficient (Wildman–Crippen LogP) is 1.71. The molecule has 0 radical (unpaired) electrons. The molecule has 0 amide bonds. The van der Waals surface area contributed by atoms with Crippen LogP contribution in [0.1, 0.15) is 51.0 Å². The molecule has 0 bridgehead atoms. The van der Waals surface area contributed by atoms with E-state index < -0.39 is 20.8 Å². The fourth-order valence-corrected chi connectivity index (χ4v) is 3.25. The number of hydrogen-bond donors (Lipinski definition) is 1. The van der Waals surface area contributed by atoms with Gasteiger partial charge in [0, 0.05) is 0 Å². The molecule has 1 N–H and O–H groups in total. The van der Waals surface area contributed by atoms with Crippen molar-refractivity contribution in [1.29, 1.82) is 0 Å². The fourth-order valence-electron chi connectivity index (χ4n) is 2.76. The summed E-state index contributed by atoms with van der Waals surface area (Å²) in [4.78, 5) is -0.435. The summed E-state index contributed by atoms with van der Waals surface area (Å²) >= 11 is 0. The molecule has 0 fully saturated rings. The first-order valence-electron chi connectivity index (χ1n) is 8.96. The minimum atomic E-state index is -4.40. The number of benzene rings is 2. The first-order chi connectivity index (χ1) is 12.4. The van der Waals surface area contributed by atoms with Crippen LogP contribution in [0.3, 0.4) is 0 Å². The fraction of sp³-hybridized carbons (Fsp3) is 0.400. The Kier molecular flexibility index (Phi) is 10.4. The molecular weight excluding hydrogens is 375 g/mol. The summed E-state index contributed by atoms with van der Waals surface area (Å²) in [7, 11) is -4.40. The number of unbranched alkanes of at least 4 members (excludes halogenated alkanes) is 5. The Bertz CT molecular complexity index is 821. The van der Waals surface area contributed by atoms with Crippen LogP contribution in [0.2, 0.25) is 0 Å². The van der Waals surface area contributed by atoms with Gasteiger partial charge in [-0.1, -0.05) is 63.0 Å². The average Bonchev–Trinajstić information content (AvgIpc) is 2.60. The van der Waals surface area contributed by atoms with Crippen LogP contribution in [0, 0.1) is 0 Å². The maximum Gasteiger partial charge on any atom is 1.00 e. The molecule has 0 spiro atoms. The third kappa shape index (κ3) is 7.84. The number of hydrogen-bond acceptors (Lipinski definition) is 4. The monoisotopic (exact) mass is 400 g/mol. The second-order valence-electron chi connectivity index (χ2n) is 6.31. The van der Waals surface area contributed by atoms with Gasteiger partial charge in [0.05, 0.1) is 4.90 Å². The van der Waals surface area contributed by atoms with E-state index in [0.717, 1.165) is 37.0 Å². The van der Waals surface area contributed by atoms with Crippen LogP contribution in [0.5, 0.6) is 17.2 Å². The molecular formula is C20H25NaO5S. The first-order valence-corrected chi connectivity index (χ1v) is 10.4. The summed E-state index contributed by atoms with van der Waals surface area (Å²) in [5, 5.41) is 12.1. The van der Waals surface area contributed by atoms with E-state index in [0.29, 0.717) is 5.75 Å². The molecule has 0 aliphatic heterocycles. The van der Waals surface area contributed by atoms with Crippen LogP contribution >= 0.6 is 0 Å².